The lowest BCUT2D eigenvalue weighted by molar-refractivity contribution is -0.384. The molecule has 4 rings (SSSR count). The van der Waals surface area contributed by atoms with Gasteiger partial charge in [0.25, 0.3) is 27.5 Å². The molecule has 0 heterocycles. The predicted molar refractivity (Wildman–Crippen MR) is 144 cm³/mol. The van der Waals surface area contributed by atoms with Crippen molar-refractivity contribution in [1.29, 1.82) is 0 Å². The van der Waals surface area contributed by atoms with Crippen LogP contribution in [0.4, 0.5) is 11.4 Å². The summed E-state index contributed by atoms with van der Waals surface area (Å²) < 4.78 is 33.7. The maximum Gasteiger partial charge on any atom is 0.293 e. The molecule has 0 saturated carbocycles. The number of hydrogen-bond acceptors (Lipinski definition) is 9. The average Bonchev–Trinajstić information content (AvgIpc) is 2.96. The molecule has 13 heteroatoms. The SMILES string of the molecule is O=C(NO)c1ccc(CNc2ccc(S(=O)(=O)NC(=O)c3ccccc3Oc3ccccc3)cc2[N+](=O)[O-])cc1. The lowest BCUT2D eigenvalue weighted by Crippen LogP contribution is -2.30. The van der Waals surface area contributed by atoms with E-state index in [0.29, 0.717) is 11.3 Å². The zero-order valence-electron chi connectivity index (χ0n) is 20.6. The van der Waals surface area contributed by atoms with Gasteiger partial charge in [0.05, 0.1) is 15.4 Å². The predicted octanol–water partition coefficient (Wildman–Crippen LogP) is 4.24. The smallest absolute Gasteiger partial charge is 0.293 e. The lowest BCUT2D eigenvalue weighted by atomic mass is 10.1. The van der Waals surface area contributed by atoms with Crippen LogP contribution in [-0.4, -0.2) is 30.4 Å². The molecule has 4 N–H and O–H groups in total. The van der Waals surface area contributed by atoms with Gasteiger partial charge in [0.2, 0.25) is 0 Å². The topological polar surface area (TPSA) is 177 Å². The Labute approximate surface area is 228 Å². The standard InChI is InChI=1S/C27H22N4O8S/c32-26(29-34)19-12-10-18(11-13-19)17-28-23-15-14-21(16-24(23)31(35)36)40(37,38)30-27(33)22-8-4-5-9-25(22)39-20-6-2-1-3-7-20/h1-16,28,34H,17H2,(H,29,32)(H,30,33). The molecule has 204 valence electrons. The second-order valence-corrected chi connectivity index (χ2v) is 9.96. The van der Waals surface area contributed by atoms with Gasteiger partial charge < -0.3 is 10.1 Å². The number of nitro benzene ring substituents is 1. The number of rotatable bonds is 10. The van der Waals surface area contributed by atoms with E-state index in [-0.39, 0.29) is 29.1 Å². The van der Waals surface area contributed by atoms with Gasteiger partial charge in [-0.2, -0.15) is 0 Å². The van der Waals surface area contributed by atoms with E-state index in [0.717, 1.165) is 12.1 Å². The summed E-state index contributed by atoms with van der Waals surface area (Å²) >= 11 is 0. The minimum absolute atomic E-state index is 0.0362. The Morgan fingerprint density at radius 1 is 0.875 bits per heavy atom. The van der Waals surface area contributed by atoms with Crippen LogP contribution in [0.5, 0.6) is 11.5 Å². The molecule has 0 fully saturated rings. The van der Waals surface area contributed by atoms with Crippen molar-refractivity contribution in [3.05, 3.63) is 124 Å². The molecule has 0 aliphatic heterocycles. The Balaban J connectivity index is 1.51. The molecule has 0 atom stereocenters. The molecule has 0 aliphatic carbocycles. The molecular formula is C27H22N4O8S. The largest absolute Gasteiger partial charge is 0.457 e. The van der Waals surface area contributed by atoms with E-state index in [1.165, 1.54) is 35.8 Å². The molecule has 0 unspecified atom stereocenters. The highest BCUT2D eigenvalue weighted by Gasteiger charge is 2.25. The number of amides is 2. The van der Waals surface area contributed by atoms with Crippen molar-refractivity contribution in [2.24, 2.45) is 0 Å². The van der Waals surface area contributed by atoms with Crippen LogP contribution in [-0.2, 0) is 16.6 Å². The van der Waals surface area contributed by atoms with Crippen LogP contribution in [0.15, 0.2) is 102 Å². The van der Waals surface area contributed by atoms with E-state index < -0.39 is 37.3 Å². The number of para-hydroxylation sites is 2. The summed E-state index contributed by atoms with van der Waals surface area (Å²) in [6.07, 6.45) is 0. The zero-order chi connectivity index (χ0) is 28.7. The van der Waals surface area contributed by atoms with Crippen molar-refractivity contribution in [3.8, 4) is 11.5 Å². The molecule has 0 saturated heterocycles. The van der Waals surface area contributed by atoms with Crippen molar-refractivity contribution in [2.75, 3.05) is 5.32 Å². The van der Waals surface area contributed by atoms with Crippen LogP contribution in [0, 0.1) is 10.1 Å². The maximum absolute atomic E-state index is 13.0. The second kappa shape index (κ2) is 12.1. The van der Waals surface area contributed by atoms with E-state index in [2.05, 4.69) is 5.32 Å². The fourth-order valence-corrected chi connectivity index (χ4v) is 4.60. The summed E-state index contributed by atoms with van der Waals surface area (Å²) in [5.41, 5.74) is 1.84. The molecule has 0 aromatic heterocycles. The van der Waals surface area contributed by atoms with Crippen molar-refractivity contribution in [3.63, 3.8) is 0 Å². The van der Waals surface area contributed by atoms with Crippen LogP contribution in [0.2, 0.25) is 0 Å². The van der Waals surface area contributed by atoms with Gasteiger partial charge in [-0.05, 0) is 54.1 Å². The Morgan fingerprint density at radius 2 is 1.55 bits per heavy atom. The number of carbonyl (C=O) groups is 2. The first-order valence-electron chi connectivity index (χ1n) is 11.6. The Bertz CT molecular complexity index is 1660. The fraction of sp³-hybridized carbons (Fsp3) is 0.0370. The lowest BCUT2D eigenvalue weighted by Gasteiger charge is -2.13. The van der Waals surface area contributed by atoms with Gasteiger partial charge in [-0.1, -0.05) is 42.5 Å². The van der Waals surface area contributed by atoms with E-state index in [1.807, 2.05) is 4.72 Å². The number of nitro groups is 1. The van der Waals surface area contributed by atoms with Crippen LogP contribution < -0.4 is 20.3 Å². The number of sulfonamides is 1. The molecule has 2 amide bonds. The molecule has 12 nitrogen and oxygen atoms in total. The summed E-state index contributed by atoms with van der Waals surface area (Å²) in [6, 6.07) is 23.9. The number of carbonyl (C=O) groups excluding carboxylic acids is 2. The summed E-state index contributed by atoms with van der Waals surface area (Å²) in [7, 11) is -4.50. The zero-order valence-corrected chi connectivity index (χ0v) is 21.4. The van der Waals surface area contributed by atoms with Gasteiger partial charge in [-0.15, -0.1) is 0 Å². The fourth-order valence-electron chi connectivity index (χ4n) is 3.61. The van der Waals surface area contributed by atoms with Crippen molar-refractivity contribution in [1.82, 2.24) is 10.2 Å². The third-order valence-electron chi connectivity index (χ3n) is 5.61. The Hall–Kier alpha value is -5.27. The first-order valence-corrected chi connectivity index (χ1v) is 13.1. The van der Waals surface area contributed by atoms with E-state index in [9.17, 15) is 28.1 Å². The molecule has 4 aromatic rings. The molecule has 40 heavy (non-hydrogen) atoms. The summed E-state index contributed by atoms with van der Waals surface area (Å²) in [5, 5.41) is 23.3. The van der Waals surface area contributed by atoms with E-state index in [1.54, 1.807) is 54.6 Å². The first kappa shape index (κ1) is 27.8. The number of ether oxygens (including phenoxy) is 1. The van der Waals surface area contributed by atoms with Gasteiger partial charge in [-0.25, -0.2) is 18.6 Å². The van der Waals surface area contributed by atoms with Gasteiger partial charge >= 0.3 is 0 Å². The highest BCUT2D eigenvalue weighted by Crippen LogP contribution is 2.29. The van der Waals surface area contributed by atoms with Gasteiger partial charge in [-0.3, -0.25) is 24.9 Å². The van der Waals surface area contributed by atoms with Crippen LogP contribution in [0.3, 0.4) is 0 Å². The average molecular weight is 563 g/mol. The van der Waals surface area contributed by atoms with Crippen LogP contribution >= 0.6 is 0 Å². The minimum Gasteiger partial charge on any atom is -0.457 e. The van der Waals surface area contributed by atoms with Gasteiger partial charge in [0.1, 0.15) is 17.2 Å². The number of anilines is 1. The summed E-state index contributed by atoms with van der Waals surface area (Å²) in [5.74, 6) is -1.10. The molecule has 0 aliphatic rings. The number of nitrogens with one attached hydrogen (secondary N) is 3. The maximum atomic E-state index is 13.0. The van der Waals surface area contributed by atoms with E-state index in [4.69, 9.17) is 9.94 Å². The highest BCUT2D eigenvalue weighted by atomic mass is 32.2. The van der Waals surface area contributed by atoms with Crippen LogP contribution in [0.25, 0.3) is 0 Å². The third-order valence-corrected chi connectivity index (χ3v) is 6.94. The molecule has 0 bridgehead atoms. The number of nitrogens with zero attached hydrogens (tertiary/aromatic N) is 1. The third kappa shape index (κ3) is 6.59. The summed E-state index contributed by atoms with van der Waals surface area (Å²) in [6.45, 7) is 0.114. The quantitative estimate of drug-likeness (QED) is 0.125. The molecular weight excluding hydrogens is 540 g/mol. The minimum atomic E-state index is -4.50. The van der Waals surface area contributed by atoms with Gasteiger partial charge in [0, 0.05) is 18.2 Å². The van der Waals surface area contributed by atoms with Crippen LogP contribution in [0.1, 0.15) is 26.3 Å². The Morgan fingerprint density at radius 3 is 2.23 bits per heavy atom. The first-order chi connectivity index (χ1) is 19.2. The van der Waals surface area contributed by atoms with Gasteiger partial charge in [0.15, 0.2) is 0 Å². The normalized spacial score (nSPS) is 10.8. The van der Waals surface area contributed by atoms with Crippen molar-refractivity contribution < 1.29 is 32.9 Å². The summed E-state index contributed by atoms with van der Waals surface area (Å²) in [4.78, 5) is 34.9. The highest BCUT2D eigenvalue weighted by molar-refractivity contribution is 7.90. The van der Waals surface area contributed by atoms with E-state index >= 15 is 0 Å². The molecule has 0 radical (unpaired) electrons. The number of hydrogen-bond donors (Lipinski definition) is 4. The second-order valence-electron chi connectivity index (χ2n) is 8.27. The number of hydroxylamine groups is 1. The molecule has 0 spiro atoms. The monoisotopic (exact) mass is 562 g/mol. The van der Waals surface area contributed by atoms with Crippen molar-refractivity contribution in [2.45, 2.75) is 11.4 Å². The molecule has 4 aromatic carbocycles. The van der Waals surface area contributed by atoms with Crippen molar-refractivity contribution >= 4 is 33.2 Å². The number of benzene rings is 4. The Kier molecular flexibility index (Phi) is 8.37.